The molecule has 0 bridgehead atoms. The number of hydrogen-bond donors (Lipinski definition) is 2. The molecule has 3 heterocycles. The van der Waals surface area contributed by atoms with Crippen molar-refractivity contribution in [1.29, 1.82) is 0 Å². The third kappa shape index (κ3) is 5.61. The normalized spacial score (nSPS) is 18.5. The fourth-order valence-electron chi connectivity index (χ4n) is 4.86. The number of aromatic nitrogens is 4. The summed E-state index contributed by atoms with van der Waals surface area (Å²) in [5, 5.41) is 25.2. The van der Waals surface area contributed by atoms with Crippen LogP contribution in [0.3, 0.4) is 0 Å². The van der Waals surface area contributed by atoms with Crippen molar-refractivity contribution in [1.82, 2.24) is 24.9 Å². The van der Waals surface area contributed by atoms with Gasteiger partial charge < -0.3 is 19.9 Å². The largest absolute Gasteiger partial charge is 0.473 e. The van der Waals surface area contributed by atoms with Crippen molar-refractivity contribution in [2.24, 2.45) is 0 Å². The number of benzene rings is 1. The monoisotopic (exact) mass is 539 g/mol. The summed E-state index contributed by atoms with van der Waals surface area (Å²) in [6.45, 7) is 19.0. The van der Waals surface area contributed by atoms with Crippen LogP contribution in [0.4, 0.5) is 0 Å². The Balaban J connectivity index is 1.75. The smallest absolute Gasteiger partial charge is 0.220 e. The average Bonchev–Trinajstić information content (AvgIpc) is 3.44. The first-order valence-electron chi connectivity index (χ1n) is 13.8. The van der Waals surface area contributed by atoms with Gasteiger partial charge in [-0.3, -0.25) is 0 Å². The van der Waals surface area contributed by atoms with Crippen LogP contribution in [-0.2, 0) is 11.3 Å². The van der Waals surface area contributed by atoms with Gasteiger partial charge in [0, 0.05) is 18.5 Å². The lowest BCUT2D eigenvalue weighted by Crippen LogP contribution is -2.51. The van der Waals surface area contributed by atoms with Crippen LogP contribution in [0.5, 0.6) is 5.88 Å². The maximum absolute atomic E-state index is 11.3. The van der Waals surface area contributed by atoms with Crippen molar-refractivity contribution in [3.05, 3.63) is 36.7 Å². The number of ether oxygens (including phenoxy) is 2. The lowest BCUT2D eigenvalue weighted by molar-refractivity contribution is -0.0367. The number of fused-ring (bicyclic) bond motifs is 1. The molecule has 1 aliphatic rings. The second-order valence-electron chi connectivity index (χ2n) is 12.1. The van der Waals surface area contributed by atoms with Crippen LogP contribution in [0, 0.1) is 0 Å². The molecule has 0 amide bonds. The molecule has 3 aromatic rings. The summed E-state index contributed by atoms with van der Waals surface area (Å²) >= 11 is 0. The van der Waals surface area contributed by atoms with E-state index < -0.39 is 13.8 Å². The van der Waals surface area contributed by atoms with Gasteiger partial charge in [0.25, 0.3) is 0 Å². The van der Waals surface area contributed by atoms with Gasteiger partial charge in [0.2, 0.25) is 5.88 Å². The lowest BCUT2D eigenvalue weighted by atomic mass is 10.1. The van der Waals surface area contributed by atoms with Crippen LogP contribution in [0.25, 0.3) is 28.1 Å². The van der Waals surface area contributed by atoms with Crippen LogP contribution in [-0.4, -0.2) is 64.8 Å². The van der Waals surface area contributed by atoms with Crippen molar-refractivity contribution >= 4 is 25.1 Å². The molecule has 1 aromatic carbocycles. The predicted molar refractivity (Wildman–Crippen MR) is 157 cm³/mol. The highest BCUT2D eigenvalue weighted by Gasteiger charge is 2.42. The van der Waals surface area contributed by atoms with Crippen LogP contribution in [0.1, 0.15) is 58.9 Å². The minimum absolute atomic E-state index is 0.0494. The molecule has 2 N–H and O–H groups in total. The highest BCUT2D eigenvalue weighted by atomic mass is 28.3. The van der Waals surface area contributed by atoms with Crippen molar-refractivity contribution in [3.63, 3.8) is 0 Å². The average molecular weight is 540 g/mol. The van der Waals surface area contributed by atoms with Gasteiger partial charge in [-0.2, -0.15) is 10.2 Å². The minimum Gasteiger partial charge on any atom is -0.473 e. The first kappa shape index (κ1) is 28.5. The highest BCUT2D eigenvalue weighted by Crippen LogP contribution is 2.40. The van der Waals surface area contributed by atoms with Crippen LogP contribution < -0.4 is 10.1 Å². The Morgan fingerprint density at radius 1 is 1.32 bits per heavy atom. The highest BCUT2D eigenvalue weighted by molar-refractivity contribution is 6.81. The van der Waals surface area contributed by atoms with E-state index in [1.54, 1.807) is 6.08 Å². The fourth-order valence-corrected chi connectivity index (χ4v) is 6.49. The quantitative estimate of drug-likeness (QED) is 0.325. The Morgan fingerprint density at radius 3 is 2.71 bits per heavy atom. The summed E-state index contributed by atoms with van der Waals surface area (Å²) in [4.78, 5) is 0. The summed E-state index contributed by atoms with van der Waals surface area (Å²) in [6, 6.07) is 6.34. The van der Waals surface area contributed by atoms with E-state index >= 15 is 0 Å². The summed E-state index contributed by atoms with van der Waals surface area (Å²) in [5.41, 5.74) is 3.28. The van der Waals surface area contributed by atoms with E-state index in [-0.39, 0.29) is 17.4 Å². The van der Waals surface area contributed by atoms with E-state index in [0.29, 0.717) is 19.0 Å². The lowest BCUT2D eigenvalue weighted by Gasteiger charge is -2.40. The third-order valence-corrected chi connectivity index (χ3v) is 14.1. The van der Waals surface area contributed by atoms with Crippen LogP contribution >= 0.6 is 0 Å². The van der Waals surface area contributed by atoms with Crippen molar-refractivity contribution in [3.8, 4) is 17.0 Å². The van der Waals surface area contributed by atoms with Gasteiger partial charge in [-0.05, 0) is 62.0 Å². The second kappa shape index (κ2) is 11.3. The maximum Gasteiger partial charge on any atom is 0.220 e. The molecule has 0 aliphatic carbocycles. The molecule has 4 rings (SSSR count). The Labute approximate surface area is 228 Å². The maximum atomic E-state index is 11.3. The van der Waals surface area contributed by atoms with Gasteiger partial charge in [0.1, 0.15) is 6.10 Å². The molecule has 0 radical (unpaired) electrons. The number of aliphatic hydroxyl groups excluding tert-OH is 1. The topological polar surface area (TPSA) is 86.4 Å². The molecule has 3 atom stereocenters. The van der Waals surface area contributed by atoms with Gasteiger partial charge in [-0.15, -0.1) is 0 Å². The van der Waals surface area contributed by atoms with Crippen molar-refractivity contribution in [2.45, 2.75) is 89.7 Å². The SMILES string of the molecule is C=Cc1nn(C2CCCCO2)c2ccc(-c3cnn(CC(O)[Si](C)(C)C(C)(C)C)c3O[C@@H](C)CNC)cc12. The zero-order valence-corrected chi connectivity index (χ0v) is 25.1. The van der Waals surface area contributed by atoms with E-state index in [1.807, 2.05) is 29.5 Å². The van der Waals surface area contributed by atoms with E-state index in [9.17, 15) is 5.11 Å². The van der Waals surface area contributed by atoms with Crippen LogP contribution in [0.15, 0.2) is 31.0 Å². The number of nitrogens with zero attached hydrogens (tertiary/aromatic N) is 4. The Bertz CT molecular complexity index is 1250. The predicted octanol–water partition coefficient (Wildman–Crippen LogP) is 5.64. The number of nitrogens with one attached hydrogen (secondary N) is 1. The van der Waals surface area contributed by atoms with E-state index in [0.717, 1.165) is 53.6 Å². The number of aliphatic hydroxyl groups is 1. The standard InChI is InChI=1S/C29H45N5O3Si/c1-9-24-22-16-21(13-14-25(22)34(32-24)26-12-10-11-15-36-26)23-18-31-33(28(23)37-20(2)17-30-6)19-27(35)38(7,8)29(3,4)5/h9,13-14,16,18,20,26-27,30,35H,1,10-12,15,17,19H2,2-8H3/t20-,26?,27?/m0/s1. The molecule has 208 valence electrons. The Morgan fingerprint density at radius 2 is 2.08 bits per heavy atom. The molecule has 8 nitrogen and oxygen atoms in total. The molecule has 0 saturated carbocycles. The Kier molecular flexibility index (Phi) is 8.51. The van der Waals surface area contributed by atoms with Crippen molar-refractivity contribution < 1.29 is 14.6 Å². The van der Waals surface area contributed by atoms with Gasteiger partial charge in [0.05, 0.1) is 43.3 Å². The molecular formula is C29H45N5O3Si. The first-order valence-corrected chi connectivity index (χ1v) is 16.9. The molecule has 1 aliphatic heterocycles. The summed E-state index contributed by atoms with van der Waals surface area (Å²) in [5.74, 6) is 0.674. The molecule has 2 unspecified atom stereocenters. The fraction of sp³-hybridized carbons (Fsp3) is 0.586. The summed E-state index contributed by atoms with van der Waals surface area (Å²) < 4.78 is 16.3. The molecule has 2 aromatic heterocycles. The van der Waals surface area contributed by atoms with Gasteiger partial charge in [-0.1, -0.05) is 46.5 Å². The zero-order valence-electron chi connectivity index (χ0n) is 24.1. The van der Waals surface area contributed by atoms with Crippen LogP contribution in [0.2, 0.25) is 18.1 Å². The zero-order chi connectivity index (χ0) is 27.7. The van der Waals surface area contributed by atoms with E-state index in [1.165, 1.54) is 0 Å². The molecule has 38 heavy (non-hydrogen) atoms. The molecule has 0 spiro atoms. The number of hydrogen-bond acceptors (Lipinski definition) is 6. The first-order chi connectivity index (χ1) is 18.0. The van der Waals surface area contributed by atoms with E-state index in [4.69, 9.17) is 19.7 Å². The Hall–Kier alpha value is -2.46. The van der Waals surface area contributed by atoms with E-state index in [2.05, 4.69) is 64.0 Å². The summed E-state index contributed by atoms with van der Waals surface area (Å²) in [6.07, 6.45) is 6.72. The van der Waals surface area contributed by atoms with Gasteiger partial charge in [0.15, 0.2) is 6.23 Å². The van der Waals surface area contributed by atoms with Crippen molar-refractivity contribution in [2.75, 3.05) is 20.2 Å². The third-order valence-electron chi connectivity index (χ3n) is 8.37. The minimum atomic E-state index is -2.01. The van der Waals surface area contributed by atoms with Gasteiger partial charge in [-0.25, -0.2) is 9.36 Å². The second-order valence-corrected chi connectivity index (χ2v) is 17.7. The van der Waals surface area contributed by atoms with Gasteiger partial charge >= 0.3 is 0 Å². The molecule has 1 saturated heterocycles. The summed E-state index contributed by atoms with van der Waals surface area (Å²) in [7, 11) is -0.0945. The molecule has 9 heteroatoms. The molecule has 1 fully saturated rings. The number of likely N-dealkylation sites (N-methyl/N-ethyl adjacent to an activating group) is 1. The number of rotatable bonds is 10. The molecular weight excluding hydrogens is 494 g/mol.